The number of rotatable bonds is 3. The first-order valence-electron chi connectivity index (χ1n) is 7.29. The van der Waals surface area contributed by atoms with Crippen molar-refractivity contribution in [3.63, 3.8) is 0 Å². The van der Waals surface area contributed by atoms with Crippen molar-refractivity contribution in [2.45, 2.75) is 0 Å². The largest absolute Gasteiger partial charge is 0.508 e. The zero-order valence-electron chi connectivity index (χ0n) is 12.2. The number of hydrogen-bond acceptors (Lipinski definition) is 4. The summed E-state index contributed by atoms with van der Waals surface area (Å²) in [4.78, 5) is 4.69. The summed E-state index contributed by atoms with van der Waals surface area (Å²) in [6.45, 7) is 0. The topological polar surface area (TPSA) is 45.1 Å². The lowest BCUT2D eigenvalue weighted by Gasteiger charge is -2.04. The van der Waals surface area contributed by atoms with Gasteiger partial charge in [-0.1, -0.05) is 42.5 Å². The zero-order valence-corrected chi connectivity index (χ0v) is 13.0. The van der Waals surface area contributed by atoms with Gasteiger partial charge in [0, 0.05) is 16.6 Å². The molecule has 0 atom stereocenters. The molecule has 0 bridgehead atoms. The van der Waals surface area contributed by atoms with E-state index in [1.807, 2.05) is 24.3 Å². The van der Waals surface area contributed by atoms with Gasteiger partial charge >= 0.3 is 0 Å². The van der Waals surface area contributed by atoms with E-state index in [0.29, 0.717) is 0 Å². The summed E-state index contributed by atoms with van der Waals surface area (Å²) in [7, 11) is 0. The Hall–Kier alpha value is -2.85. The molecule has 0 aliphatic heterocycles. The monoisotopic (exact) mass is 318 g/mol. The average Bonchev–Trinajstić information content (AvgIpc) is 3.05. The number of aromatic hydroxyl groups is 1. The van der Waals surface area contributed by atoms with E-state index in [-0.39, 0.29) is 5.75 Å². The summed E-state index contributed by atoms with van der Waals surface area (Å²) >= 11 is 1.57. The summed E-state index contributed by atoms with van der Waals surface area (Å²) in [5.41, 5.74) is 3.01. The molecule has 0 saturated heterocycles. The van der Waals surface area contributed by atoms with Crippen LogP contribution in [-0.2, 0) is 0 Å². The van der Waals surface area contributed by atoms with Crippen molar-refractivity contribution in [2.24, 2.45) is 0 Å². The van der Waals surface area contributed by atoms with Gasteiger partial charge < -0.3 is 10.4 Å². The Morgan fingerprint density at radius 2 is 1.65 bits per heavy atom. The van der Waals surface area contributed by atoms with Gasteiger partial charge in [-0.2, -0.15) is 0 Å². The standard InChI is InChI=1S/C19H14N2OS/c22-15-10-8-14(9-11-15)20-19-21-18(12-23-19)17-7-3-5-13-4-1-2-6-16(13)17/h1-12,22H,(H,20,21). The van der Waals surface area contributed by atoms with Crippen LogP contribution in [0.3, 0.4) is 0 Å². The quantitative estimate of drug-likeness (QED) is 0.496. The van der Waals surface area contributed by atoms with Crippen LogP contribution < -0.4 is 5.32 Å². The maximum Gasteiger partial charge on any atom is 0.187 e. The molecule has 4 heteroatoms. The van der Waals surface area contributed by atoms with Gasteiger partial charge in [0.2, 0.25) is 0 Å². The predicted octanol–water partition coefficient (Wildman–Crippen LogP) is 5.41. The van der Waals surface area contributed by atoms with Crippen molar-refractivity contribution in [3.8, 4) is 17.0 Å². The fraction of sp³-hybridized carbons (Fsp3) is 0. The number of nitrogens with one attached hydrogen (secondary N) is 1. The van der Waals surface area contributed by atoms with Crippen molar-refractivity contribution < 1.29 is 5.11 Å². The number of nitrogens with zero attached hydrogens (tertiary/aromatic N) is 1. The van der Waals surface area contributed by atoms with Gasteiger partial charge in [-0.3, -0.25) is 0 Å². The smallest absolute Gasteiger partial charge is 0.187 e. The lowest BCUT2D eigenvalue weighted by molar-refractivity contribution is 0.475. The molecular weight excluding hydrogens is 304 g/mol. The van der Waals surface area contributed by atoms with Crippen LogP contribution in [0.15, 0.2) is 72.1 Å². The maximum atomic E-state index is 9.34. The maximum absolute atomic E-state index is 9.34. The van der Waals surface area contributed by atoms with E-state index in [1.54, 1.807) is 23.5 Å². The highest BCUT2D eigenvalue weighted by Gasteiger charge is 2.08. The van der Waals surface area contributed by atoms with Gasteiger partial charge in [-0.25, -0.2) is 4.98 Å². The third kappa shape index (κ3) is 2.76. The molecule has 4 aromatic rings. The summed E-state index contributed by atoms with van der Waals surface area (Å²) < 4.78 is 0. The van der Waals surface area contributed by atoms with Crippen LogP contribution >= 0.6 is 11.3 Å². The number of phenolic OH excluding ortho intramolecular Hbond substituents is 1. The lowest BCUT2D eigenvalue weighted by atomic mass is 10.0. The van der Waals surface area contributed by atoms with Gasteiger partial charge in [0.05, 0.1) is 5.69 Å². The zero-order chi connectivity index (χ0) is 15.6. The number of fused-ring (bicyclic) bond motifs is 1. The molecule has 0 unspecified atom stereocenters. The third-order valence-electron chi connectivity index (χ3n) is 3.69. The first-order valence-corrected chi connectivity index (χ1v) is 8.17. The Morgan fingerprint density at radius 3 is 2.52 bits per heavy atom. The molecule has 1 aromatic heterocycles. The van der Waals surface area contributed by atoms with Crippen LogP contribution in [0.25, 0.3) is 22.0 Å². The minimum Gasteiger partial charge on any atom is -0.508 e. The highest BCUT2D eigenvalue weighted by molar-refractivity contribution is 7.14. The molecule has 112 valence electrons. The Kier molecular flexibility index (Phi) is 3.44. The lowest BCUT2D eigenvalue weighted by Crippen LogP contribution is -1.89. The van der Waals surface area contributed by atoms with Gasteiger partial charge in [0.25, 0.3) is 0 Å². The van der Waals surface area contributed by atoms with Crippen LogP contribution in [-0.4, -0.2) is 10.1 Å². The number of aromatic nitrogens is 1. The van der Waals surface area contributed by atoms with Gasteiger partial charge in [-0.05, 0) is 35.0 Å². The Balaban J connectivity index is 1.68. The van der Waals surface area contributed by atoms with E-state index in [4.69, 9.17) is 4.98 Å². The van der Waals surface area contributed by atoms with E-state index < -0.39 is 0 Å². The molecule has 0 saturated carbocycles. The molecule has 2 N–H and O–H groups in total. The molecule has 0 fully saturated rings. The van der Waals surface area contributed by atoms with Crippen LogP contribution in [0.1, 0.15) is 0 Å². The van der Waals surface area contributed by atoms with Crippen LogP contribution in [0, 0.1) is 0 Å². The molecule has 23 heavy (non-hydrogen) atoms. The second kappa shape index (κ2) is 5.74. The van der Waals surface area contributed by atoms with Crippen LogP contribution in [0.2, 0.25) is 0 Å². The molecule has 3 nitrogen and oxygen atoms in total. The fourth-order valence-corrected chi connectivity index (χ4v) is 3.30. The SMILES string of the molecule is Oc1ccc(Nc2nc(-c3cccc4ccccc34)cs2)cc1. The highest BCUT2D eigenvalue weighted by Crippen LogP contribution is 2.32. The summed E-state index contributed by atoms with van der Waals surface area (Å²) in [6.07, 6.45) is 0. The van der Waals surface area contributed by atoms with E-state index in [9.17, 15) is 5.11 Å². The average molecular weight is 318 g/mol. The molecule has 3 aromatic carbocycles. The van der Waals surface area contributed by atoms with Gasteiger partial charge in [0.15, 0.2) is 5.13 Å². The highest BCUT2D eigenvalue weighted by atomic mass is 32.1. The molecule has 1 heterocycles. The minimum absolute atomic E-state index is 0.256. The normalized spacial score (nSPS) is 10.8. The predicted molar refractivity (Wildman–Crippen MR) is 96.4 cm³/mol. The molecule has 0 radical (unpaired) electrons. The third-order valence-corrected chi connectivity index (χ3v) is 4.45. The van der Waals surface area contributed by atoms with E-state index >= 15 is 0 Å². The van der Waals surface area contributed by atoms with Gasteiger partial charge in [-0.15, -0.1) is 11.3 Å². The fourth-order valence-electron chi connectivity index (χ4n) is 2.57. The van der Waals surface area contributed by atoms with Crippen molar-refractivity contribution in [1.82, 2.24) is 4.98 Å². The number of phenols is 1. The Labute approximate surface area is 137 Å². The van der Waals surface area contributed by atoms with Crippen molar-refractivity contribution >= 4 is 32.9 Å². The summed E-state index contributed by atoms with van der Waals surface area (Å²) in [6, 6.07) is 21.6. The van der Waals surface area contributed by atoms with Crippen molar-refractivity contribution in [3.05, 3.63) is 72.1 Å². The number of hydrogen-bond donors (Lipinski definition) is 2. The van der Waals surface area contributed by atoms with Crippen LogP contribution in [0.5, 0.6) is 5.75 Å². The molecule has 0 amide bonds. The van der Waals surface area contributed by atoms with Crippen molar-refractivity contribution in [2.75, 3.05) is 5.32 Å². The molecular formula is C19H14N2OS. The first-order chi connectivity index (χ1) is 11.3. The van der Waals surface area contributed by atoms with E-state index in [1.165, 1.54) is 10.8 Å². The summed E-state index contributed by atoms with van der Waals surface area (Å²) in [5.74, 6) is 0.256. The Bertz CT molecular complexity index is 955. The number of thiazole rings is 1. The first kappa shape index (κ1) is 13.8. The van der Waals surface area contributed by atoms with Crippen LogP contribution in [0.4, 0.5) is 10.8 Å². The second-order valence-electron chi connectivity index (χ2n) is 5.24. The van der Waals surface area contributed by atoms with E-state index in [0.717, 1.165) is 22.1 Å². The number of anilines is 2. The Morgan fingerprint density at radius 1 is 0.870 bits per heavy atom. The minimum atomic E-state index is 0.256. The number of benzene rings is 3. The molecule has 0 spiro atoms. The van der Waals surface area contributed by atoms with Gasteiger partial charge in [0.1, 0.15) is 5.75 Å². The summed E-state index contributed by atoms with van der Waals surface area (Å²) in [5, 5.41) is 17.9. The van der Waals surface area contributed by atoms with E-state index in [2.05, 4.69) is 41.0 Å². The second-order valence-corrected chi connectivity index (χ2v) is 6.09. The molecule has 0 aliphatic carbocycles. The molecule has 0 aliphatic rings. The van der Waals surface area contributed by atoms with Crippen molar-refractivity contribution in [1.29, 1.82) is 0 Å². The molecule has 4 rings (SSSR count).